The fraction of sp³-hybridized carbons (Fsp3) is 0.350. The lowest BCUT2D eigenvalue weighted by molar-refractivity contribution is 0.0996. The van der Waals surface area contributed by atoms with Crippen molar-refractivity contribution in [3.63, 3.8) is 0 Å². The molecule has 0 fully saturated rings. The van der Waals surface area contributed by atoms with Gasteiger partial charge in [-0.25, -0.2) is 4.98 Å². The number of aromatic nitrogens is 2. The summed E-state index contributed by atoms with van der Waals surface area (Å²) in [5, 5.41) is 0.602. The molecule has 0 radical (unpaired) electrons. The van der Waals surface area contributed by atoms with Crippen LogP contribution in [0.2, 0.25) is 0 Å². The van der Waals surface area contributed by atoms with Gasteiger partial charge < -0.3 is 4.90 Å². The van der Waals surface area contributed by atoms with Crippen molar-refractivity contribution in [2.75, 3.05) is 11.9 Å². The molecule has 4 rings (SSSR count). The monoisotopic (exact) mass is 367 g/mol. The Labute approximate surface area is 155 Å². The lowest BCUT2D eigenvalue weighted by Gasteiger charge is -2.16. The predicted molar refractivity (Wildman–Crippen MR) is 105 cm³/mol. The molecular formula is C20H21N3O2S. The third-order valence-corrected chi connectivity index (χ3v) is 6.23. The molecule has 0 atom stereocenters. The van der Waals surface area contributed by atoms with Crippen molar-refractivity contribution in [1.29, 1.82) is 0 Å². The molecule has 1 aliphatic heterocycles. The van der Waals surface area contributed by atoms with Gasteiger partial charge in [-0.05, 0) is 37.5 Å². The third-order valence-electron chi connectivity index (χ3n) is 5.05. The molecule has 3 aromatic rings. The van der Waals surface area contributed by atoms with Crippen LogP contribution in [-0.2, 0) is 13.0 Å². The molecule has 3 heterocycles. The van der Waals surface area contributed by atoms with Gasteiger partial charge in [0.2, 0.25) is 0 Å². The Hall–Kier alpha value is -2.47. The van der Waals surface area contributed by atoms with Crippen LogP contribution in [0.3, 0.4) is 0 Å². The highest BCUT2D eigenvalue weighted by Crippen LogP contribution is 2.30. The van der Waals surface area contributed by atoms with Crippen LogP contribution >= 0.6 is 11.3 Å². The number of carbonyl (C=O) groups excluding carboxylic acids is 1. The molecule has 1 aromatic carbocycles. The highest BCUT2D eigenvalue weighted by molar-refractivity contribution is 7.20. The van der Waals surface area contributed by atoms with Gasteiger partial charge in [-0.1, -0.05) is 24.6 Å². The van der Waals surface area contributed by atoms with E-state index in [1.807, 2.05) is 41.8 Å². The average molecular weight is 367 g/mol. The highest BCUT2D eigenvalue weighted by atomic mass is 32.1. The van der Waals surface area contributed by atoms with Crippen molar-refractivity contribution in [3.8, 4) is 0 Å². The van der Waals surface area contributed by atoms with Gasteiger partial charge in [0.15, 0.2) is 0 Å². The number of thiophene rings is 1. The van der Waals surface area contributed by atoms with E-state index in [9.17, 15) is 9.59 Å². The van der Waals surface area contributed by atoms with Crippen LogP contribution in [0.5, 0.6) is 0 Å². The van der Waals surface area contributed by atoms with Gasteiger partial charge in [-0.3, -0.25) is 14.2 Å². The summed E-state index contributed by atoms with van der Waals surface area (Å²) in [4.78, 5) is 33.7. The zero-order valence-corrected chi connectivity index (χ0v) is 15.8. The Bertz CT molecular complexity index is 1040. The molecule has 0 saturated carbocycles. The van der Waals surface area contributed by atoms with E-state index in [1.165, 1.54) is 11.3 Å². The van der Waals surface area contributed by atoms with Gasteiger partial charge in [0.25, 0.3) is 11.5 Å². The molecular weight excluding hydrogens is 346 g/mol. The Balaban J connectivity index is 1.82. The largest absolute Gasteiger partial charge is 0.311 e. The SMILES string of the molecule is Cc1c(C(=O)N(C)c2ccccc2)sc2nc3n(c(=O)c12)CCCCC3. The first kappa shape index (κ1) is 17.0. The maximum atomic E-state index is 13.0. The van der Waals surface area contributed by atoms with Crippen LogP contribution in [0.25, 0.3) is 10.2 Å². The Morgan fingerprint density at radius 2 is 1.96 bits per heavy atom. The van der Waals surface area contributed by atoms with Crippen molar-refractivity contribution in [2.24, 2.45) is 0 Å². The van der Waals surface area contributed by atoms with Crippen molar-refractivity contribution in [1.82, 2.24) is 9.55 Å². The summed E-state index contributed by atoms with van der Waals surface area (Å²) in [6.45, 7) is 2.58. The van der Waals surface area contributed by atoms with Crippen LogP contribution in [0.4, 0.5) is 5.69 Å². The summed E-state index contributed by atoms with van der Waals surface area (Å²) in [6, 6.07) is 9.53. The fourth-order valence-electron chi connectivity index (χ4n) is 3.54. The second-order valence-electron chi connectivity index (χ2n) is 6.73. The highest BCUT2D eigenvalue weighted by Gasteiger charge is 2.24. The number of nitrogens with zero attached hydrogens (tertiary/aromatic N) is 3. The average Bonchev–Trinajstić information content (AvgIpc) is 2.83. The van der Waals surface area contributed by atoms with Crippen molar-refractivity contribution in [2.45, 2.75) is 39.2 Å². The van der Waals surface area contributed by atoms with E-state index < -0.39 is 0 Å². The van der Waals surface area contributed by atoms with Crippen molar-refractivity contribution in [3.05, 3.63) is 57.0 Å². The van der Waals surface area contributed by atoms with E-state index in [1.54, 1.807) is 11.9 Å². The summed E-state index contributed by atoms with van der Waals surface area (Å²) in [6.07, 6.45) is 4.02. The predicted octanol–water partition coefficient (Wildman–Crippen LogP) is 3.77. The first-order chi connectivity index (χ1) is 12.6. The number of aryl methyl sites for hydroxylation is 2. The number of para-hydroxylation sites is 1. The quantitative estimate of drug-likeness (QED) is 0.693. The number of hydrogen-bond acceptors (Lipinski definition) is 4. The number of rotatable bonds is 2. The van der Waals surface area contributed by atoms with Crippen LogP contribution in [0.1, 0.15) is 40.3 Å². The summed E-state index contributed by atoms with van der Waals surface area (Å²) < 4.78 is 1.81. The molecule has 0 aliphatic carbocycles. The maximum Gasteiger partial charge on any atom is 0.268 e. The molecule has 26 heavy (non-hydrogen) atoms. The van der Waals surface area contributed by atoms with Crippen LogP contribution < -0.4 is 10.5 Å². The lowest BCUT2D eigenvalue weighted by atomic mass is 10.2. The molecule has 6 heteroatoms. The topological polar surface area (TPSA) is 55.2 Å². The minimum Gasteiger partial charge on any atom is -0.311 e. The Kier molecular flexibility index (Phi) is 4.36. The van der Waals surface area contributed by atoms with Crippen LogP contribution in [-0.4, -0.2) is 22.5 Å². The fourth-order valence-corrected chi connectivity index (χ4v) is 4.70. The molecule has 5 nitrogen and oxygen atoms in total. The van der Waals surface area contributed by atoms with E-state index in [-0.39, 0.29) is 11.5 Å². The van der Waals surface area contributed by atoms with Gasteiger partial charge in [0, 0.05) is 25.7 Å². The lowest BCUT2D eigenvalue weighted by Crippen LogP contribution is -2.26. The van der Waals surface area contributed by atoms with Gasteiger partial charge in [0.05, 0.1) is 10.3 Å². The normalized spacial score (nSPS) is 14.1. The van der Waals surface area contributed by atoms with E-state index in [2.05, 4.69) is 0 Å². The summed E-state index contributed by atoms with van der Waals surface area (Å²) in [5.74, 6) is 0.757. The Morgan fingerprint density at radius 1 is 1.19 bits per heavy atom. The second kappa shape index (κ2) is 6.68. The van der Waals surface area contributed by atoms with E-state index in [4.69, 9.17) is 4.98 Å². The summed E-state index contributed by atoms with van der Waals surface area (Å²) in [7, 11) is 1.76. The number of amides is 1. The molecule has 0 unspecified atom stereocenters. The number of hydrogen-bond donors (Lipinski definition) is 0. The van der Waals surface area contributed by atoms with Gasteiger partial charge >= 0.3 is 0 Å². The molecule has 0 bridgehead atoms. The standard InChI is InChI=1S/C20H21N3O2S/c1-13-16-18(21-15-11-7-4-8-12-23(15)19(16)24)26-17(13)20(25)22(2)14-9-5-3-6-10-14/h3,5-6,9-10H,4,7-8,11-12H2,1-2H3. The molecule has 0 saturated heterocycles. The smallest absolute Gasteiger partial charge is 0.268 e. The minimum absolute atomic E-state index is 0.00191. The van der Waals surface area contributed by atoms with Crippen molar-refractivity contribution >= 4 is 33.1 Å². The zero-order chi connectivity index (χ0) is 18.3. The third kappa shape index (κ3) is 2.74. The van der Waals surface area contributed by atoms with E-state index in [0.717, 1.165) is 49.3 Å². The Morgan fingerprint density at radius 3 is 2.73 bits per heavy atom. The molecule has 0 N–H and O–H groups in total. The van der Waals surface area contributed by atoms with E-state index >= 15 is 0 Å². The van der Waals surface area contributed by atoms with Gasteiger partial charge in [0.1, 0.15) is 10.7 Å². The summed E-state index contributed by atoms with van der Waals surface area (Å²) >= 11 is 1.33. The maximum absolute atomic E-state index is 13.0. The summed E-state index contributed by atoms with van der Waals surface area (Å²) in [5.41, 5.74) is 1.58. The number of fused-ring (bicyclic) bond motifs is 2. The zero-order valence-electron chi connectivity index (χ0n) is 15.0. The number of carbonyl (C=O) groups is 1. The van der Waals surface area contributed by atoms with Gasteiger partial charge in [-0.15, -0.1) is 11.3 Å². The molecule has 134 valence electrons. The van der Waals surface area contributed by atoms with Gasteiger partial charge in [-0.2, -0.15) is 0 Å². The number of anilines is 1. The van der Waals surface area contributed by atoms with Crippen molar-refractivity contribution < 1.29 is 4.79 Å². The second-order valence-corrected chi connectivity index (χ2v) is 7.73. The molecule has 2 aromatic heterocycles. The molecule has 1 amide bonds. The first-order valence-electron chi connectivity index (χ1n) is 8.94. The molecule has 0 spiro atoms. The van der Waals surface area contributed by atoms with Crippen LogP contribution in [0.15, 0.2) is 35.1 Å². The number of benzene rings is 1. The molecule has 1 aliphatic rings. The van der Waals surface area contributed by atoms with E-state index in [0.29, 0.717) is 15.1 Å². The minimum atomic E-state index is -0.101. The first-order valence-corrected chi connectivity index (χ1v) is 9.75. The van der Waals surface area contributed by atoms with Crippen LogP contribution in [0, 0.1) is 6.92 Å².